The van der Waals surface area contributed by atoms with Crippen LogP contribution in [0.1, 0.15) is 39.0 Å². The summed E-state index contributed by atoms with van der Waals surface area (Å²) in [5.74, 6) is 0.210. The van der Waals surface area contributed by atoms with Crippen molar-refractivity contribution in [2.75, 3.05) is 13.1 Å². The van der Waals surface area contributed by atoms with E-state index < -0.39 is 0 Å². The molecular formula is C12H23N3O. The molecule has 1 heterocycles. The van der Waals surface area contributed by atoms with Gasteiger partial charge in [0.25, 0.3) is 0 Å². The normalized spacial score (nSPS) is 32.0. The summed E-state index contributed by atoms with van der Waals surface area (Å²) in [6, 6.07) is 1.60. The van der Waals surface area contributed by atoms with Gasteiger partial charge in [0.05, 0.1) is 0 Å². The van der Waals surface area contributed by atoms with Gasteiger partial charge in [0, 0.05) is 38.1 Å². The maximum atomic E-state index is 11.2. The van der Waals surface area contributed by atoms with Crippen LogP contribution in [-0.4, -0.2) is 42.0 Å². The van der Waals surface area contributed by atoms with Crippen LogP contribution in [0.3, 0.4) is 0 Å². The van der Waals surface area contributed by atoms with Gasteiger partial charge < -0.3 is 16.0 Å². The average molecular weight is 225 g/mol. The highest BCUT2D eigenvalue weighted by Crippen LogP contribution is 2.20. The zero-order valence-electron chi connectivity index (χ0n) is 10.1. The minimum atomic E-state index is 0.210. The minimum Gasteiger partial charge on any atom is -0.343 e. The van der Waals surface area contributed by atoms with Crippen LogP contribution in [0.2, 0.25) is 0 Å². The maximum Gasteiger partial charge on any atom is 0.219 e. The first-order valence-corrected chi connectivity index (χ1v) is 6.42. The van der Waals surface area contributed by atoms with E-state index in [1.807, 2.05) is 4.90 Å². The molecule has 16 heavy (non-hydrogen) atoms. The van der Waals surface area contributed by atoms with Crippen LogP contribution in [0.5, 0.6) is 0 Å². The molecule has 2 unspecified atom stereocenters. The summed E-state index contributed by atoms with van der Waals surface area (Å²) in [5, 5.41) is 3.69. The van der Waals surface area contributed by atoms with Crippen LogP contribution in [0.15, 0.2) is 0 Å². The van der Waals surface area contributed by atoms with Gasteiger partial charge in [-0.1, -0.05) is 0 Å². The Morgan fingerprint density at radius 2 is 1.88 bits per heavy atom. The second-order valence-corrected chi connectivity index (χ2v) is 5.22. The number of nitrogens with zero attached hydrogens (tertiary/aromatic N) is 1. The van der Waals surface area contributed by atoms with Crippen molar-refractivity contribution >= 4 is 5.91 Å². The third-order valence-electron chi connectivity index (χ3n) is 3.88. The van der Waals surface area contributed by atoms with E-state index in [1.165, 1.54) is 6.42 Å². The Kier molecular flexibility index (Phi) is 3.82. The van der Waals surface area contributed by atoms with Crippen LogP contribution in [0, 0.1) is 0 Å². The molecule has 0 bridgehead atoms. The SMILES string of the molecule is CC(=O)N1CCC(NC2CCC(N)C2)CC1. The van der Waals surface area contributed by atoms with Crippen molar-refractivity contribution in [3.8, 4) is 0 Å². The third kappa shape index (κ3) is 2.95. The first-order valence-electron chi connectivity index (χ1n) is 6.42. The molecule has 0 aromatic rings. The van der Waals surface area contributed by atoms with Crippen molar-refractivity contribution in [1.29, 1.82) is 0 Å². The first kappa shape index (κ1) is 11.9. The molecule has 1 aliphatic heterocycles. The molecule has 1 aliphatic carbocycles. The average Bonchev–Trinajstić information content (AvgIpc) is 2.65. The minimum absolute atomic E-state index is 0.210. The molecular weight excluding hydrogens is 202 g/mol. The van der Waals surface area contributed by atoms with E-state index in [-0.39, 0.29) is 5.91 Å². The van der Waals surface area contributed by atoms with Gasteiger partial charge in [0.15, 0.2) is 0 Å². The molecule has 4 nitrogen and oxygen atoms in total. The number of amides is 1. The van der Waals surface area contributed by atoms with Gasteiger partial charge in [-0.2, -0.15) is 0 Å². The van der Waals surface area contributed by atoms with E-state index in [9.17, 15) is 4.79 Å². The molecule has 2 atom stereocenters. The van der Waals surface area contributed by atoms with E-state index in [0.717, 1.165) is 38.8 Å². The van der Waals surface area contributed by atoms with Crippen molar-refractivity contribution in [3.63, 3.8) is 0 Å². The van der Waals surface area contributed by atoms with Crippen molar-refractivity contribution in [2.45, 2.75) is 57.2 Å². The quantitative estimate of drug-likeness (QED) is 0.718. The lowest BCUT2D eigenvalue weighted by Gasteiger charge is -2.33. The molecule has 2 rings (SSSR count). The standard InChI is InChI=1S/C12H23N3O/c1-9(16)15-6-4-11(5-7-15)14-12-3-2-10(13)8-12/h10-12,14H,2-8,13H2,1H3. The van der Waals surface area contributed by atoms with Gasteiger partial charge in [-0.25, -0.2) is 0 Å². The number of carbonyl (C=O) groups is 1. The third-order valence-corrected chi connectivity index (χ3v) is 3.88. The molecule has 1 saturated carbocycles. The second kappa shape index (κ2) is 5.15. The van der Waals surface area contributed by atoms with Crippen molar-refractivity contribution in [1.82, 2.24) is 10.2 Å². The molecule has 1 saturated heterocycles. The smallest absolute Gasteiger partial charge is 0.219 e. The van der Waals surface area contributed by atoms with E-state index in [4.69, 9.17) is 5.73 Å². The number of rotatable bonds is 2. The molecule has 0 aromatic heterocycles. The van der Waals surface area contributed by atoms with Crippen LogP contribution in [0.25, 0.3) is 0 Å². The van der Waals surface area contributed by atoms with Crippen molar-refractivity contribution in [2.24, 2.45) is 5.73 Å². The van der Waals surface area contributed by atoms with Gasteiger partial charge in [0.1, 0.15) is 0 Å². The summed E-state index contributed by atoms with van der Waals surface area (Å²) in [6.45, 7) is 3.47. The highest BCUT2D eigenvalue weighted by Gasteiger charge is 2.26. The van der Waals surface area contributed by atoms with Gasteiger partial charge in [-0.15, -0.1) is 0 Å². The Morgan fingerprint density at radius 3 is 2.38 bits per heavy atom. The van der Waals surface area contributed by atoms with E-state index in [0.29, 0.717) is 18.1 Å². The van der Waals surface area contributed by atoms with E-state index in [2.05, 4.69) is 5.32 Å². The Bertz CT molecular complexity index is 249. The molecule has 92 valence electrons. The van der Waals surface area contributed by atoms with Crippen LogP contribution in [0.4, 0.5) is 0 Å². The first-order chi connectivity index (χ1) is 7.65. The Hall–Kier alpha value is -0.610. The highest BCUT2D eigenvalue weighted by molar-refractivity contribution is 5.73. The summed E-state index contributed by atoms with van der Waals surface area (Å²) >= 11 is 0. The van der Waals surface area contributed by atoms with Gasteiger partial charge in [0.2, 0.25) is 5.91 Å². The number of nitrogens with one attached hydrogen (secondary N) is 1. The van der Waals surface area contributed by atoms with Crippen LogP contribution >= 0.6 is 0 Å². The topological polar surface area (TPSA) is 58.4 Å². The summed E-state index contributed by atoms with van der Waals surface area (Å²) in [6.07, 6.45) is 5.67. The fraction of sp³-hybridized carbons (Fsp3) is 0.917. The number of hydrogen-bond acceptors (Lipinski definition) is 3. The number of piperidine rings is 1. The Labute approximate surface area is 97.6 Å². The molecule has 3 N–H and O–H groups in total. The molecule has 0 spiro atoms. The fourth-order valence-corrected chi connectivity index (χ4v) is 2.86. The van der Waals surface area contributed by atoms with Gasteiger partial charge >= 0.3 is 0 Å². The van der Waals surface area contributed by atoms with Gasteiger partial charge in [-0.3, -0.25) is 4.79 Å². The zero-order chi connectivity index (χ0) is 11.5. The number of hydrogen-bond donors (Lipinski definition) is 2. The fourth-order valence-electron chi connectivity index (χ4n) is 2.86. The summed E-state index contributed by atoms with van der Waals surface area (Å²) in [7, 11) is 0. The number of nitrogens with two attached hydrogens (primary N) is 1. The summed E-state index contributed by atoms with van der Waals surface area (Å²) < 4.78 is 0. The lowest BCUT2D eigenvalue weighted by Crippen LogP contribution is -2.47. The largest absolute Gasteiger partial charge is 0.343 e. The number of likely N-dealkylation sites (tertiary alicyclic amines) is 1. The monoisotopic (exact) mass is 225 g/mol. The lowest BCUT2D eigenvalue weighted by molar-refractivity contribution is -0.129. The van der Waals surface area contributed by atoms with E-state index >= 15 is 0 Å². The predicted octanol–water partition coefficient (Wildman–Crippen LogP) is 0.467. The zero-order valence-corrected chi connectivity index (χ0v) is 10.1. The Morgan fingerprint density at radius 1 is 1.19 bits per heavy atom. The number of carbonyl (C=O) groups excluding carboxylic acids is 1. The highest BCUT2D eigenvalue weighted by atomic mass is 16.2. The maximum absolute atomic E-state index is 11.2. The van der Waals surface area contributed by atoms with Gasteiger partial charge in [-0.05, 0) is 32.1 Å². The van der Waals surface area contributed by atoms with Crippen molar-refractivity contribution < 1.29 is 4.79 Å². The van der Waals surface area contributed by atoms with Crippen LogP contribution in [-0.2, 0) is 4.79 Å². The summed E-state index contributed by atoms with van der Waals surface area (Å²) in [5.41, 5.74) is 5.90. The second-order valence-electron chi connectivity index (χ2n) is 5.22. The summed E-state index contributed by atoms with van der Waals surface area (Å²) in [4.78, 5) is 13.1. The molecule has 0 radical (unpaired) electrons. The van der Waals surface area contributed by atoms with E-state index in [1.54, 1.807) is 6.92 Å². The molecule has 1 amide bonds. The molecule has 2 fully saturated rings. The van der Waals surface area contributed by atoms with Crippen LogP contribution < -0.4 is 11.1 Å². The molecule has 2 aliphatic rings. The lowest BCUT2D eigenvalue weighted by atomic mass is 10.0. The van der Waals surface area contributed by atoms with Crippen molar-refractivity contribution in [3.05, 3.63) is 0 Å². The molecule has 4 heteroatoms. The Balaban J connectivity index is 1.71. The molecule has 0 aromatic carbocycles. The predicted molar refractivity (Wildman–Crippen MR) is 64.0 cm³/mol.